The first-order valence-electron chi connectivity index (χ1n) is 7.33. The van der Waals surface area contributed by atoms with E-state index in [-0.39, 0.29) is 12.6 Å². The topological polar surface area (TPSA) is 74.5 Å². The second kappa shape index (κ2) is 7.57. The largest absolute Gasteiger partial charge is 0.463 e. The second-order valence-corrected chi connectivity index (χ2v) is 6.49. The summed E-state index contributed by atoms with van der Waals surface area (Å²) in [5.74, 6) is 2.04. The lowest BCUT2D eigenvalue weighted by atomic mass is 10.0. The van der Waals surface area contributed by atoms with Crippen molar-refractivity contribution >= 4 is 23.5 Å². The summed E-state index contributed by atoms with van der Waals surface area (Å²) in [6, 6.07) is 10.8. The van der Waals surface area contributed by atoms with Gasteiger partial charge in [0.15, 0.2) is 0 Å². The van der Waals surface area contributed by atoms with Gasteiger partial charge < -0.3 is 20.2 Å². The van der Waals surface area contributed by atoms with Gasteiger partial charge in [0.2, 0.25) is 0 Å². The van der Waals surface area contributed by atoms with E-state index in [9.17, 15) is 9.90 Å². The molecule has 2 rings (SSSR count). The Morgan fingerprint density at radius 3 is 2.78 bits per heavy atom. The fraction of sp³-hybridized carbons (Fsp3) is 0.353. The lowest BCUT2D eigenvalue weighted by molar-refractivity contribution is 0.0364. The zero-order chi connectivity index (χ0) is 16.9. The maximum atomic E-state index is 12.0. The van der Waals surface area contributed by atoms with Gasteiger partial charge in [-0.3, -0.25) is 0 Å². The Balaban J connectivity index is 1.91. The van der Waals surface area contributed by atoms with Crippen molar-refractivity contribution in [1.29, 1.82) is 0 Å². The van der Waals surface area contributed by atoms with Crippen molar-refractivity contribution < 1.29 is 14.3 Å². The number of carbonyl (C=O) groups is 1. The minimum atomic E-state index is -1.26. The molecule has 6 heteroatoms. The highest BCUT2D eigenvalue weighted by Crippen LogP contribution is 2.22. The van der Waals surface area contributed by atoms with E-state index in [4.69, 9.17) is 4.42 Å². The molecule has 5 nitrogen and oxygen atoms in total. The molecule has 1 aromatic carbocycles. The van der Waals surface area contributed by atoms with Crippen molar-refractivity contribution in [3.8, 4) is 0 Å². The van der Waals surface area contributed by atoms with Crippen LogP contribution in [0, 0.1) is 6.92 Å². The number of anilines is 1. The van der Waals surface area contributed by atoms with Crippen LogP contribution in [0.3, 0.4) is 0 Å². The second-order valence-electron chi connectivity index (χ2n) is 5.63. The standard InChI is InChI=1S/C17H22N2O3S/c1-12-7-8-15(22-12)17(2,21)11-18-16(20)19-14-6-4-5-13(9-14)10-23-3/h4-9,21H,10-11H2,1-3H3,(H2,18,19,20)/t17-/m1/s1. The number of aliphatic hydroxyl groups is 1. The Morgan fingerprint density at radius 1 is 1.35 bits per heavy atom. The summed E-state index contributed by atoms with van der Waals surface area (Å²) >= 11 is 1.72. The van der Waals surface area contributed by atoms with Crippen molar-refractivity contribution in [3.05, 3.63) is 53.5 Å². The summed E-state index contributed by atoms with van der Waals surface area (Å²) in [6.07, 6.45) is 2.03. The van der Waals surface area contributed by atoms with E-state index in [1.165, 1.54) is 0 Å². The van der Waals surface area contributed by atoms with Crippen LogP contribution in [-0.2, 0) is 11.4 Å². The van der Waals surface area contributed by atoms with Crippen molar-refractivity contribution in [1.82, 2.24) is 5.32 Å². The highest BCUT2D eigenvalue weighted by molar-refractivity contribution is 7.97. The molecule has 0 unspecified atom stereocenters. The first-order chi connectivity index (χ1) is 10.9. The van der Waals surface area contributed by atoms with E-state index < -0.39 is 5.60 Å². The molecule has 0 saturated heterocycles. The number of amides is 2. The third-order valence-electron chi connectivity index (χ3n) is 3.36. The highest BCUT2D eigenvalue weighted by atomic mass is 32.2. The fourth-order valence-electron chi connectivity index (χ4n) is 2.14. The molecule has 0 aliphatic rings. The van der Waals surface area contributed by atoms with Crippen LogP contribution >= 0.6 is 11.8 Å². The van der Waals surface area contributed by atoms with Crippen LogP contribution in [0.15, 0.2) is 40.8 Å². The smallest absolute Gasteiger partial charge is 0.319 e. The van der Waals surface area contributed by atoms with Gasteiger partial charge in [-0.05, 0) is 49.9 Å². The van der Waals surface area contributed by atoms with E-state index in [2.05, 4.69) is 10.6 Å². The van der Waals surface area contributed by atoms with E-state index in [0.717, 1.165) is 22.8 Å². The molecule has 0 aliphatic heterocycles. The summed E-state index contributed by atoms with van der Waals surface area (Å²) in [4.78, 5) is 12.0. The lowest BCUT2D eigenvalue weighted by Gasteiger charge is -2.21. The van der Waals surface area contributed by atoms with Crippen LogP contribution in [0.2, 0.25) is 0 Å². The summed E-state index contributed by atoms with van der Waals surface area (Å²) < 4.78 is 5.42. The maximum absolute atomic E-state index is 12.0. The van der Waals surface area contributed by atoms with E-state index in [0.29, 0.717) is 5.76 Å². The number of benzene rings is 1. The number of rotatable bonds is 6. The zero-order valence-electron chi connectivity index (χ0n) is 13.6. The van der Waals surface area contributed by atoms with E-state index >= 15 is 0 Å². The lowest BCUT2D eigenvalue weighted by Crippen LogP contribution is -2.40. The summed E-state index contributed by atoms with van der Waals surface area (Å²) in [5.41, 5.74) is 0.614. The van der Waals surface area contributed by atoms with Gasteiger partial charge in [-0.15, -0.1) is 0 Å². The number of furan rings is 1. The van der Waals surface area contributed by atoms with Gasteiger partial charge >= 0.3 is 6.03 Å². The van der Waals surface area contributed by atoms with Gasteiger partial charge in [-0.1, -0.05) is 12.1 Å². The minimum absolute atomic E-state index is 0.0519. The van der Waals surface area contributed by atoms with Crippen molar-refractivity contribution in [3.63, 3.8) is 0 Å². The molecule has 0 bridgehead atoms. The van der Waals surface area contributed by atoms with Crippen LogP contribution in [0.25, 0.3) is 0 Å². The van der Waals surface area contributed by atoms with Gasteiger partial charge in [0.25, 0.3) is 0 Å². The number of carbonyl (C=O) groups excluding carboxylic acids is 1. The normalized spacial score (nSPS) is 13.4. The molecular formula is C17H22N2O3S. The molecule has 0 spiro atoms. The third kappa shape index (κ3) is 5.04. The maximum Gasteiger partial charge on any atom is 0.319 e. The monoisotopic (exact) mass is 334 g/mol. The van der Waals surface area contributed by atoms with E-state index in [1.54, 1.807) is 37.7 Å². The molecule has 124 valence electrons. The van der Waals surface area contributed by atoms with E-state index in [1.807, 2.05) is 30.5 Å². The Kier molecular flexibility index (Phi) is 5.74. The number of hydrogen-bond acceptors (Lipinski definition) is 4. The first-order valence-corrected chi connectivity index (χ1v) is 8.72. The molecule has 0 fully saturated rings. The zero-order valence-corrected chi connectivity index (χ0v) is 14.4. The van der Waals surface area contributed by atoms with Crippen molar-refractivity contribution in [2.75, 3.05) is 18.1 Å². The Bertz CT molecular complexity index is 667. The number of aryl methyl sites for hydroxylation is 1. The molecule has 1 atom stereocenters. The minimum Gasteiger partial charge on any atom is -0.463 e. The molecule has 23 heavy (non-hydrogen) atoms. The summed E-state index contributed by atoms with van der Waals surface area (Å²) in [6.45, 7) is 3.46. The Morgan fingerprint density at radius 2 is 2.13 bits per heavy atom. The van der Waals surface area contributed by atoms with Gasteiger partial charge in [-0.25, -0.2) is 4.79 Å². The number of hydrogen-bond donors (Lipinski definition) is 3. The van der Waals surface area contributed by atoms with Gasteiger partial charge in [0.1, 0.15) is 17.1 Å². The SMILES string of the molecule is CSCc1cccc(NC(=O)NC[C@@](C)(O)c2ccc(C)o2)c1. The molecule has 1 heterocycles. The van der Waals surface area contributed by atoms with Crippen LogP contribution in [0.4, 0.5) is 10.5 Å². The molecule has 0 radical (unpaired) electrons. The number of urea groups is 1. The van der Waals surface area contributed by atoms with Crippen LogP contribution in [0.5, 0.6) is 0 Å². The molecule has 2 amide bonds. The molecule has 2 aromatic rings. The van der Waals surface area contributed by atoms with Gasteiger partial charge in [-0.2, -0.15) is 11.8 Å². The average Bonchev–Trinajstić information content (AvgIpc) is 2.94. The molecule has 0 aliphatic carbocycles. The third-order valence-corrected chi connectivity index (χ3v) is 3.98. The quantitative estimate of drug-likeness (QED) is 0.756. The molecular weight excluding hydrogens is 312 g/mol. The first kappa shape index (κ1) is 17.4. The van der Waals surface area contributed by atoms with Crippen LogP contribution in [-0.4, -0.2) is 23.9 Å². The Labute approximate surface area is 140 Å². The van der Waals surface area contributed by atoms with Crippen LogP contribution < -0.4 is 10.6 Å². The number of nitrogens with one attached hydrogen (secondary N) is 2. The Hall–Kier alpha value is -1.92. The summed E-state index contributed by atoms with van der Waals surface area (Å²) in [5, 5.41) is 15.8. The van der Waals surface area contributed by atoms with Gasteiger partial charge in [0.05, 0.1) is 6.54 Å². The predicted molar refractivity (Wildman–Crippen MR) is 93.7 cm³/mol. The van der Waals surface area contributed by atoms with Crippen LogP contribution in [0.1, 0.15) is 24.0 Å². The van der Waals surface area contributed by atoms with Crippen molar-refractivity contribution in [2.45, 2.75) is 25.2 Å². The molecule has 3 N–H and O–H groups in total. The fourth-order valence-corrected chi connectivity index (χ4v) is 2.66. The van der Waals surface area contributed by atoms with Gasteiger partial charge in [0, 0.05) is 11.4 Å². The summed E-state index contributed by atoms with van der Waals surface area (Å²) in [7, 11) is 0. The molecule has 1 aromatic heterocycles. The predicted octanol–water partition coefficient (Wildman–Crippen LogP) is 3.48. The van der Waals surface area contributed by atoms with Crippen molar-refractivity contribution in [2.24, 2.45) is 0 Å². The highest BCUT2D eigenvalue weighted by Gasteiger charge is 2.27. The number of thioether (sulfide) groups is 1. The molecule has 0 saturated carbocycles. The average molecular weight is 334 g/mol.